The van der Waals surface area contributed by atoms with E-state index in [0.717, 1.165) is 48.6 Å². The Labute approximate surface area is 310 Å². The molecule has 5 aliphatic rings. The molecule has 0 bridgehead atoms. The molecule has 2 aliphatic carbocycles. The number of carbonyl (C=O) groups excluding carboxylic acids is 4. The highest BCUT2D eigenvalue weighted by Crippen LogP contribution is 2.43. The second kappa shape index (κ2) is 14.3. The van der Waals surface area contributed by atoms with Crippen LogP contribution >= 0.6 is 11.6 Å². The summed E-state index contributed by atoms with van der Waals surface area (Å²) in [5.41, 5.74) is -0.524. The lowest BCUT2D eigenvalue weighted by Crippen LogP contribution is -2.58. The molecule has 4 fully saturated rings. The summed E-state index contributed by atoms with van der Waals surface area (Å²) in [4.78, 5) is 67.6. The summed E-state index contributed by atoms with van der Waals surface area (Å²) in [7, 11) is 0. The van der Waals surface area contributed by atoms with Gasteiger partial charge in [-0.05, 0) is 70.6 Å². The number of benzene rings is 1. The molecule has 2 saturated heterocycles. The van der Waals surface area contributed by atoms with Crippen molar-refractivity contribution in [2.75, 3.05) is 6.54 Å². The molecule has 12 nitrogen and oxygen atoms in total. The number of fused-ring (bicyclic) bond motifs is 1. The van der Waals surface area contributed by atoms with Gasteiger partial charge < -0.3 is 25.1 Å². The van der Waals surface area contributed by atoms with Gasteiger partial charge in [-0.15, -0.1) is 0 Å². The molecule has 1 aromatic heterocycles. The lowest BCUT2D eigenvalue weighted by molar-refractivity contribution is -0.145. The minimum atomic E-state index is -1.02. The number of pyridine rings is 1. The molecule has 3 N–H and O–H groups in total. The maximum absolute atomic E-state index is 14.8. The third kappa shape index (κ3) is 7.57. The highest BCUT2D eigenvalue weighted by Gasteiger charge is 2.59. The maximum atomic E-state index is 14.8. The van der Waals surface area contributed by atoms with Gasteiger partial charge in [0.1, 0.15) is 17.8 Å². The van der Waals surface area contributed by atoms with Gasteiger partial charge in [0.2, 0.25) is 17.6 Å². The number of aromatic nitrogens is 1. The lowest BCUT2D eigenvalue weighted by atomic mass is 9.84. The van der Waals surface area contributed by atoms with E-state index in [4.69, 9.17) is 21.2 Å². The number of rotatable bonds is 11. The van der Waals surface area contributed by atoms with Gasteiger partial charge in [-0.2, -0.15) is 0 Å². The number of nitrogens with one attached hydrogen (secondary N) is 3. The zero-order chi connectivity index (χ0) is 36.8. The van der Waals surface area contributed by atoms with Crippen molar-refractivity contribution in [2.45, 2.75) is 146 Å². The predicted octanol–water partition coefficient (Wildman–Crippen LogP) is 4.94. The minimum absolute atomic E-state index is 0.00559. The van der Waals surface area contributed by atoms with E-state index in [1.165, 1.54) is 19.3 Å². The molecule has 52 heavy (non-hydrogen) atoms. The fourth-order valence-corrected chi connectivity index (χ4v) is 9.06. The fourth-order valence-electron chi connectivity index (χ4n) is 8.83. The van der Waals surface area contributed by atoms with Gasteiger partial charge in [0.05, 0.1) is 29.4 Å². The van der Waals surface area contributed by atoms with Crippen molar-refractivity contribution in [1.82, 2.24) is 25.8 Å². The number of ether oxygens (including phenoxy) is 1. The van der Waals surface area contributed by atoms with Crippen LogP contribution in [0, 0.1) is 5.92 Å². The van der Waals surface area contributed by atoms with Crippen LogP contribution in [0.1, 0.15) is 110 Å². The number of nitrogens with zero attached hydrogens (tertiary/aromatic N) is 3. The SMILES string of the molecule is CCC[C@H](NC(=O)[C@@H]1C[C@]2(CC(c3cc(Cl)cc4cccnc34)=NO2)CN1C(=O)[C@H]1NC(C)(CC2CCCCC2)OC1(C)C)C(=O)C(=O)NC1CC1. The molecular weight excluding hydrogens is 684 g/mol. The number of likely N-dealkylation sites (tertiary alicyclic amines) is 1. The summed E-state index contributed by atoms with van der Waals surface area (Å²) in [5, 5.41) is 15.1. The van der Waals surface area contributed by atoms with Crippen molar-refractivity contribution < 1.29 is 28.8 Å². The van der Waals surface area contributed by atoms with Crippen LogP contribution in [-0.2, 0) is 28.8 Å². The number of amides is 3. The average Bonchev–Trinajstić information content (AvgIpc) is 3.61. The Balaban J connectivity index is 1.15. The fraction of sp³-hybridized carbons (Fsp3) is 0.641. The van der Waals surface area contributed by atoms with Crippen molar-refractivity contribution in [3.05, 3.63) is 41.0 Å². The number of hydrogen-bond acceptors (Lipinski definition) is 9. The molecule has 7 rings (SSSR count). The van der Waals surface area contributed by atoms with Crippen LogP contribution < -0.4 is 16.0 Å². The number of Topliss-reactive ketones (excluding diaryl/α,β-unsaturated/α-hetero) is 1. The lowest BCUT2D eigenvalue weighted by Gasteiger charge is -2.32. The van der Waals surface area contributed by atoms with E-state index in [9.17, 15) is 19.2 Å². The first-order valence-electron chi connectivity index (χ1n) is 19.0. The van der Waals surface area contributed by atoms with E-state index in [1.807, 2.05) is 52.0 Å². The molecule has 3 amide bonds. The summed E-state index contributed by atoms with van der Waals surface area (Å²) in [6.07, 6.45) is 11.4. The van der Waals surface area contributed by atoms with Crippen LogP contribution in [0.3, 0.4) is 0 Å². The van der Waals surface area contributed by atoms with Crippen molar-refractivity contribution in [3.63, 3.8) is 0 Å². The zero-order valence-electron chi connectivity index (χ0n) is 30.6. The Kier molecular flexibility index (Phi) is 10.1. The molecule has 4 heterocycles. The highest BCUT2D eigenvalue weighted by atomic mass is 35.5. The topological polar surface area (TPSA) is 151 Å². The molecule has 0 radical (unpaired) electrons. The smallest absolute Gasteiger partial charge is 0.289 e. The van der Waals surface area contributed by atoms with Crippen LogP contribution in [0.2, 0.25) is 5.02 Å². The monoisotopic (exact) mass is 734 g/mol. The Bertz CT molecular complexity index is 1770. The highest BCUT2D eigenvalue weighted by molar-refractivity contribution is 6.38. The summed E-state index contributed by atoms with van der Waals surface area (Å²) >= 11 is 6.52. The molecule has 5 atom stereocenters. The van der Waals surface area contributed by atoms with E-state index in [1.54, 1.807) is 11.1 Å². The van der Waals surface area contributed by atoms with Gasteiger partial charge in [0.25, 0.3) is 5.91 Å². The second-order valence-corrected chi connectivity index (χ2v) is 16.8. The van der Waals surface area contributed by atoms with Gasteiger partial charge in [0.15, 0.2) is 5.60 Å². The largest absolute Gasteiger partial charge is 0.387 e. The van der Waals surface area contributed by atoms with Crippen LogP contribution in [0.25, 0.3) is 10.9 Å². The van der Waals surface area contributed by atoms with Gasteiger partial charge in [0, 0.05) is 41.1 Å². The molecule has 1 aromatic carbocycles. The molecular formula is C39H51ClN6O6. The van der Waals surface area contributed by atoms with Crippen molar-refractivity contribution in [2.24, 2.45) is 11.1 Å². The summed E-state index contributed by atoms with van der Waals surface area (Å²) in [6.45, 7) is 7.82. The van der Waals surface area contributed by atoms with E-state index >= 15 is 0 Å². The summed E-state index contributed by atoms with van der Waals surface area (Å²) in [6, 6.07) is 4.68. The molecule has 2 aromatic rings. The molecule has 1 spiro atoms. The van der Waals surface area contributed by atoms with E-state index in [0.29, 0.717) is 29.5 Å². The van der Waals surface area contributed by atoms with Gasteiger partial charge >= 0.3 is 0 Å². The third-order valence-corrected chi connectivity index (χ3v) is 11.7. The van der Waals surface area contributed by atoms with Crippen molar-refractivity contribution in [3.8, 4) is 0 Å². The van der Waals surface area contributed by atoms with Crippen LogP contribution in [0.5, 0.6) is 0 Å². The minimum Gasteiger partial charge on any atom is -0.387 e. The van der Waals surface area contributed by atoms with E-state index in [-0.39, 0.29) is 31.3 Å². The molecule has 1 unspecified atom stereocenters. The first-order valence-corrected chi connectivity index (χ1v) is 19.4. The number of halogens is 1. The van der Waals surface area contributed by atoms with Crippen molar-refractivity contribution in [1.29, 1.82) is 0 Å². The number of oxime groups is 1. The van der Waals surface area contributed by atoms with Crippen LogP contribution in [0.15, 0.2) is 35.6 Å². The number of ketones is 1. The summed E-state index contributed by atoms with van der Waals surface area (Å²) in [5.74, 6) is -1.66. The third-order valence-electron chi connectivity index (χ3n) is 11.4. The zero-order valence-corrected chi connectivity index (χ0v) is 31.4. The van der Waals surface area contributed by atoms with Crippen LogP contribution in [0.4, 0.5) is 0 Å². The number of hydrogen-bond donors (Lipinski definition) is 3. The van der Waals surface area contributed by atoms with Crippen LogP contribution in [-0.4, -0.2) is 86.7 Å². The Hall–Kier alpha value is -3.61. The Morgan fingerprint density at radius 3 is 2.60 bits per heavy atom. The normalized spacial score (nSPS) is 29.2. The second-order valence-electron chi connectivity index (χ2n) is 16.4. The van der Waals surface area contributed by atoms with E-state index in [2.05, 4.69) is 26.1 Å². The molecule has 3 aliphatic heterocycles. The van der Waals surface area contributed by atoms with Crippen molar-refractivity contribution >= 4 is 51.7 Å². The van der Waals surface area contributed by atoms with Gasteiger partial charge in [-0.3, -0.25) is 29.5 Å². The van der Waals surface area contributed by atoms with E-state index < -0.39 is 52.7 Å². The quantitative estimate of drug-likeness (QED) is 0.275. The summed E-state index contributed by atoms with van der Waals surface area (Å²) < 4.78 is 6.64. The van der Waals surface area contributed by atoms with Gasteiger partial charge in [-0.1, -0.05) is 68.3 Å². The Morgan fingerprint density at radius 2 is 1.87 bits per heavy atom. The van der Waals surface area contributed by atoms with Gasteiger partial charge in [-0.25, -0.2) is 0 Å². The Morgan fingerprint density at radius 1 is 1.10 bits per heavy atom. The molecule has 13 heteroatoms. The first kappa shape index (κ1) is 36.7. The average molecular weight is 735 g/mol. The maximum Gasteiger partial charge on any atom is 0.289 e. The predicted molar refractivity (Wildman–Crippen MR) is 197 cm³/mol. The number of carbonyl (C=O) groups is 4. The molecule has 2 saturated carbocycles. The molecule has 280 valence electrons. The first-order chi connectivity index (χ1) is 24.8. The standard InChI is InChI=1S/C39H51ClN6O6/c1-5-10-28(32(47)35(49)42-26-14-15-26)43-34(48)30-21-39(20-29(45-52-39)27-18-25(40)17-24-13-9-16-41-31(24)27)22-46(30)36(50)33-37(2,3)51-38(4,44-33)19-23-11-7-6-8-12-23/h9,13,16-18,23,26,28,30,33,44H,5-8,10-12,14-15,19-22H2,1-4H3,(H,42,49)(H,43,48)/t28-,30-,33+,38?,39+/m0/s1.